The van der Waals surface area contributed by atoms with E-state index in [-0.39, 0.29) is 24.3 Å². The van der Waals surface area contributed by atoms with Crippen LogP contribution in [0.5, 0.6) is 5.75 Å². The van der Waals surface area contributed by atoms with Gasteiger partial charge < -0.3 is 10.1 Å². The molecule has 4 nitrogen and oxygen atoms in total. The molecule has 3 rings (SSSR count). The zero-order chi connectivity index (χ0) is 18.4. The van der Waals surface area contributed by atoms with Crippen molar-refractivity contribution in [2.45, 2.75) is 31.6 Å². The van der Waals surface area contributed by atoms with Crippen LogP contribution >= 0.6 is 0 Å². The molecule has 1 aliphatic carbocycles. The van der Waals surface area contributed by atoms with Crippen LogP contribution < -0.4 is 10.1 Å². The predicted octanol–water partition coefficient (Wildman–Crippen LogP) is 4.28. The van der Waals surface area contributed by atoms with Crippen molar-refractivity contribution in [3.63, 3.8) is 0 Å². The molecule has 134 valence electrons. The number of hydrogen-bond acceptors (Lipinski definition) is 3. The molecule has 2 aromatic rings. The molecular weight excluding hydrogens is 324 g/mol. The van der Waals surface area contributed by atoms with Gasteiger partial charge in [0.25, 0.3) is 0 Å². The number of nitriles is 1. The lowest BCUT2D eigenvalue weighted by Crippen LogP contribution is -2.36. The first-order chi connectivity index (χ1) is 12.7. The Kier molecular flexibility index (Phi) is 5.91. The third kappa shape index (κ3) is 4.05. The summed E-state index contributed by atoms with van der Waals surface area (Å²) in [5.41, 5.74) is 3.48. The lowest BCUT2D eigenvalue weighted by Gasteiger charge is -2.31. The number of ether oxygens (including phenoxy) is 1. The molecular formula is C22H24N2O2. The zero-order valence-corrected chi connectivity index (χ0v) is 15.1. The summed E-state index contributed by atoms with van der Waals surface area (Å²) in [6.07, 6.45) is 4.10. The number of amides is 1. The molecule has 0 aromatic heterocycles. The Bertz CT molecular complexity index is 793. The van der Waals surface area contributed by atoms with Crippen LogP contribution in [0.1, 0.15) is 37.2 Å². The van der Waals surface area contributed by atoms with E-state index in [0.717, 1.165) is 42.6 Å². The van der Waals surface area contributed by atoms with E-state index >= 15 is 0 Å². The van der Waals surface area contributed by atoms with Gasteiger partial charge in [-0.05, 0) is 47.6 Å². The van der Waals surface area contributed by atoms with E-state index in [4.69, 9.17) is 10.00 Å². The van der Waals surface area contributed by atoms with Gasteiger partial charge in [0.1, 0.15) is 12.3 Å². The van der Waals surface area contributed by atoms with E-state index in [2.05, 4.69) is 41.7 Å². The third-order valence-corrected chi connectivity index (χ3v) is 5.18. The SMILES string of the molecule is COc1ccc(-c2cccc(C3CCCC[C@H]3C(=O)NCC#N)c2)cc1. The molecule has 2 aromatic carbocycles. The number of carbonyl (C=O) groups excluding carboxylic acids is 1. The van der Waals surface area contributed by atoms with E-state index in [1.54, 1.807) is 7.11 Å². The maximum atomic E-state index is 12.5. The molecule has 1 aliphatic rings. The van der Waals surface area contributed by atoms with Crippen molar-refractivity contribution in [3.8, 4) is 22.9 Å². The first-order valence-corrected chi connectivity index (χ1v) is 9.12. The zero-order valence-electron chi connectivity index (χ0n) is 15.1. The Labute approximate surface area is 154 Å². The van der Waals surface area contributed by atoms with Crippen molar-refractivity contribution < 1.29 is 9.53 Å². The minimum atomic E-state index is -0.0526. The van der Waals surface area contributed by atoms with E-state index in [0.29, 0.717) is 0 Å². The summed E-state index contributed by atoms with van der Waals surface area (Å²) in [4.78, 5) is 12.5. The summed E-state index contributed by atoms with van der Waals surface area (Å²) in [5.74, 6) is 1.00. The Morgan fingerprint density at radius 1 is 1.15 bits per heavy atom. The Morgan fingerprint density at radius 2 is 1.92 bits per heavy atom. The number of methoxy groups -OCH3 is 1. The van der Waals surface area contributed by atoms with Crippen molar-refractivity contribution in [1.82, 2.24) is 5.32 Å². The van der Waals surface area contributed by atoms with Crippen LogP contribution in [0.2, 0.25) is 0 Å². The number of nitrogens with one attached hydrogen (secondary N) is 1. The summed E-state index contributed by atoms with van der Waals surface area (Å²) >= 11 is 0. The molecule has 0 bridgehead atoms. The highest BCUT2D eigenvalue weighted by molar-refractivity contribution is 5.80. The maximum Gasteiger partial charge on any atom is 0.224 e. The first-order valence-electron chi connectivity index (χ1n) is 9.12. The summed E-state index contributed by atoms with van der Waals surface area (Å²) < 4.78 is 5.23. The van der Waals surface area contributed by atoms with Crippen LogP contribution in [0.3, 0.4) is 0 Å². The van der Waals surface area contributed by atoms with Crippen molar-refractivity contribution in [2.24, 2.45) is 5.92 Å². The van der Waals surface area contributed by atoms with E-state index in [9.17, 15) is 4.79 Å². The average molecular weight is 348 g/mol. The predicted molar refractivity (Wildman–Crippen MR) is 102 cm³/mol. The van der Waals surface area contributed by atoms with Gasteiger partial charge in [0, 0.05) is 5.92 Å². The molecule has 0 saturated heterocycles. The number of carbonyl (C=O) groups is 1. The van der Waals surface area contributed by atoms with Crippen molar-refractivity contribution >= 4 is 5.91 Å². The normalized spacial score (nSPS) is 19.4. The van der Waals surface area contributed by atoms with E-state index in [1.807, 2.05) is 18.2 Å². The fraction of sp³-hybridized carbons (Fsp3) is 0.364. The second-order valence-electron chi connectivity index (χ2n) is 6.73. The van der Waals surface area contributed by atoms with Gasteiger partial charge >= 0.3 is 0 Å². The van der Waals surface area contributed by atoms with Gasteiger partial charge in [-0.1, -0.05) is 49.2 Å². The van der Waals surface area contributed by atoms with Gasteiger partial charge in [-0.25, -0.2) is 0 Å². The minimum Gasteiger partial charge on any atom is -0.497 e. The largest absolute Gasteiger partial charge is 0.497 e. The van der Waals surface area contributed by atoms with Gasteiger partial charge in [0.05, 0.1) is 13.2 Å². The third-order valence-electron chi connectivity index (χ3n) is 5.18. The molecule has 4 heteroatoms. The first kappa shape index (κ1) is 18.0. The highest BCUT2D eigenvalue weighted by Crippen LogP contribution is 2.39. The standard InChI is InChI=1S/C22H24N2O2/c1-26-19-11-9-16(10-12-19)17-5-4-6-18(15-17)20-7-2-3-8-21(20)22(25)24-14-13-23/h4-6,9-12,15,20-21H,2-3,7-8,14H2,1H3,(H,24,25)/t20?,21-/m1/s1. The van der Waals surface area contributed by atoms with Crippen LogP contribution in [-0.4, -0.2) is 19.6 Å². The van der Waals surface area contributed by atoms with E-state index in [1.165, 1.54) is 5.56 Å². The molecule has 0 aliphatic heterocycles. The summed E-state index contributed by atoms with van der Waals surface area (Å²) in [6, 6.07) is 18.5. The lowest BCUT2D eigenvalue weighted by atomic mass is 9.74. The lowest BCUT2D eigenvalue weighted by molar-refractivity contribution is -0.126. The smallest absolute Gasteiger partial charge is 0.224 e. The summed E-state index contributed by atoms with van der Waals surface area (Å²) in [7, 11) is 1.66. The topological polar surface area (TPSA) is 62.1 Å². The molecule has 1 amide bonds. The van der Waals surface area contributed by atoms with Crippen molar-refractivity contribution in [1.29, 1.82) is 5.26 Å². The highest BCUT2D eigenvalue weighted by Gasteiger charge is 2.31. The molecule has 2 atom stereocenters. The summed E-state index contributed by atoms with van der Waals surface area (Å²) in [5, 5.41) is 11.5. The van der Waals surface area contributed by atoms with Crippen LogP contribution in [0.25, 0.3) is 11.1 Å². The van der Waals surface area contributed by atoms with Gasteiger partial charge in [-0.15, -0.1) is 0 Å². The van der Waals surface area contributed by atoms with Gasteiger partial charge in [0.15, 0.2) is 0 Å². The number of hydrogen-bond donors (Lipinski definition) is 1. The average Bonchev–Trinajstić information content (AvgIpc) is 2.72. The van der Waals surface area contributed by atoms with Crippen molar-refractivity contribution in [2.75, 3.05) is 13.7 Å². The fourth-order valence-electron chi connectivity index (χ4n) is 3.83. The van der Waals surface area contributed by atoms with Crippen LogP contribution in [-0.2, 0) is 4.79 Å². The Morgan fingerprint density at radius 3 is 2.65 bits per heavy atom. The van der Waals surface area contributed by atoms with Crippen LogP contribution in [0, 0.1) is 17.2 Å². The Hall–Kier alpha value is -2.80. The van der Waals surface area contributed by atoms with E-state index < -0.39 is 0 Å². The molecule has 1 unspecified atom stereocenters. The molecule has 1 fully saturated rings. The van der Waals surface area contributed by atoms with Crippen LogP contribution in [0.15, 0.2) is 48.5 Å². The molecule has 26 heavy (non-hydrogen) atoms. The van der Waals surface area contributed by atoms with Gasteiger partial charge in [-0.2, -0.15) is 5.26 Å². The maximum absolute atomic E-state index is 12.5. The fourth-order valence-corrected chi connectivity index (χ4v) is 3.83. The minimum absolute atomic E-state index is 0.00565. The second-order valence-corrected chi connectivity index (χ2v) is 6.73. The highest BCUT2D eigenvalue weighted by atomic mass is 16.5. The second kappa shape index (κ2) is 8.53. The number of nitrogens with zero attached hydrogens (tertiary/aromatic N) is 1. The quantitative estimate of drug-likeness (QED) is 0.821. The molecule has 0 spiro atoms. The summed E-state index contributed by atoms with van der Waals surface area (Å²) in [6.45, 7) is 0.0773. The molecule has 0 radical (unpaired) electrons. The Balaban J connectivity index is 1.85. The van der Waals surface area contributed by atoms with Crippen LogP contribution in [0.4, 0.5) is 0 Å². The van der Waals surface area contributed by atoms with Crippen molar-refractivity contribution in [3.05, 3.63) is 54.1 Å². The van der Waals surface area contributed by atoms with Gasteiger partial charge in [0.2, 0.25) is 5.91 Å². The monoisotopic (exact) mass is 348 g/mol. The molecule has 0 heterocycles. The number of rotatable bonds is 5. The molecule has 1 N–H and O–H groups in total. The van der Waals surface area contributed by atoms with Gasteiger partial charge in [-0.3, -0.25) is 4.79 Å². The molecule has 1 saturated carbocycles. The number of benzene rings is 2.